The molecule has 2 aliphatic heterocycles. The van der Waals surface area contributed by atoms with E-state index in [0.717, 1.165) is 42.8 Å². The maximum atomic E-state index is 10.8. The second-order valence-electron chi connectivity index (χ2n) is 6.03. The van der Waals surface area contributed by atoms with Crippen LogP contribution in [-0.4, -0.2) is 42.4 Å². The highest BCUT2D eigenvalue weighted by Crippen LogP contribution is 2.40. The summed E-state index contributed by atoms with van der Waals surface area (Å²) in [6, 6.07) is 5.87. The molecule has 120 valence electrons. The average Bonchev–Trinajstić information content (AvgIpc) is 2.82. The van der Waals surface area contributed by atoms with Crippen molar-refractivity contribution in [2.24, 2.45) is 4.99 Å². The van der Waals surface area contributed by atoms with Crippen LogP contribution in [0.5, 0.6) is 5.75 Å². The van der Waals surface area contributed by atoms with E-state index in [1.54, 1.807) is 13.2 Å². The predicted octanol–water partition coefficient (Wildman–Crippen LogP) is 2.51. The Balaban J connectivity index is 1.86. The van der Waals surface area contributed by atoms with Crippen LogP contribution in [0.1, 0.15) is 30.1 Å². The zero-order valence-corrected chi connectivity index (χ0v) is 13.0. The number of rotatable bonds is 2. The quantitative estimate of drug-likeness (QED) is 0.683. The predicted molar refractivity (Wildman–Crippen MR) is 85.1 cm³/mol. The summed E-state index contributed by atoms with van der Waals surface area (Å²) in [6.45, 7) is 1.47. The van der Waals surface area contributed by atoms with Gasteiger partial charge >= 0.3 is 0 Å². The number of methoxy groups -OCH3 is 1. The summed E-state index contributed by atoms with van der Waals surface area (Å²) in [5, 5.41) is 3.16. The molecule has 0 saturated carbocycles. The van der Waals surface area contributed by atoms with Crippen molar-refractivity contribution in [3.63, 3.8) is 0 Å². The summed E-state index contributed by atoms with van der Waals surface area (Å²) in [5.41, 5.74) is 3.46. The van der Waals surface area contributed by atoms with Crippen molar-refractivity contribution in [3.05, 3.63) is 29.5 Å². The number of nitrogens with one attached hydrogen (secondary N) is 1. The van der Waals surface area contributed by atoms with Gasteiger partial charge in [-0.1, -0.05) is 0 Å². The van der Waals surface area contributed by atoms with E-state index in [2.05, 4.69) is 16.0 Å². The highest BCUT2D eigenvalue weighted by Gasteiger charge is 2.38. The Bertz CT molecular complexity index is 779. The first kappa shape index (κ1) is 14.5. The maximum absolute atomic E-state index is 10.8. The van der Waals surface area contributed by atoms with Crippen LogP contribution in [-0.2, 0) is 16.1 Å². The number of benzene rings is 1. The Morgan fingerprint density at radius 2 is 2.39 bits per heavy atom. The molecule has 0 spiro atoms. The highest BCUT2D eigenvalue weighted by molar-refractivity contribution is 5.86. The minimum absolute atomic E-state index is 0.0545. The third kappa shape index (κ3) is 2.36. The van der Waals surface area contributed by atoms with Crippen LogP contribution in [0.25, 0.3) is 10.9 Å². The minimum atomic E-state index is -0.121. The van der Waals surface area contributed by atoms with Crippen molar-refractivity contribution in [2.45, 2.75) is 31.3 Å². The van der Waals surface area contributed by atoms with Crippen LogP contribution in [0, 0.1) is 0 Å². The summed E-state index contributed by atoms with van der Waals surface area (Å²) >= 11 is 0. The largest absolute Gasteiger partial charge is 0.497 e. The van der Waals surface area contributed by atoms with E-state index in [1.807, 2.05) is 17.2 Å². The fourth-order valence-corrected chi connectivity index (χ4v) is 3.77. The molecule has 3 heterocycles. The fraction of sp³-hybridized carbons (Fsp3) is 0.471. The lowest BCUT2D eigenvalue weighted by Gasteiger charge is -2.35. The van der Waals surface area contributed by atoms with Gasteiger partial charge in [0.05, 0.1) is 25.8 Å². The summed E-state index contributed by atoms with van der Waals surface area (Å²) in [6.07, 6.45) is 4.36. The molecule has 0 bridgehead atoms. The number of carbonyl (C=O) groups excluding carboxylic acids is 1. The van der Waals surface area contributed by atoms with Crippen LogP contribution in [0.3, 0.4) is 0 Å². The third-order valence-corrected chi connectivity index (χ3v) is 4.82. The molecule has 0 radical (unpaired) electrons. The Kier molecular flexibility index (Phi) is 3.65. The highest BCUT2D eigenvalue weighted by atomic mass is 16.7. The molecule has 1 aromatic heterocycles. The number of nitrogens with zero attached hydrogens (tertiary/aromatic N) is 2. The first-order chi connectivity index (χ1) is 11.3. The lowest BCUT2D eigenvalue weighted by atomic mass is 9.92. The molecule has 0 amide bonds. The molecule has 6 nitrogen and oxygen atoms in total. The molecular formula is C17H19N3O3. The van der Waals surface area contributed by atoms with E-state index in [1.165, 1.54) is 10.9 Å². The molecule has 1 fully saturated rings. The first-order valence-corrected chi connectivity index (χ1v) is 7.97. The molecular weight excluding hydrogens is 294 g/mol. The maximum Gasteiger partial charge on any atom is 0.235 e. The zero-order chi connectivity index (χ0) is 15.8. The van der Waals surface area contributed by atoms with Gasteiger partial charge in [0, 0.05) is 23.1 Å². The molecule has 4 rings (SSSR count). The van der Waals surface area contributed by atoms with Crippen LogP contribution in [0.15, 0.2) is 23.2 Å². The van der Waals surface area contributed by atoms with Gasteiger partial charge < -0.3 is 9.72 Å². The summed E-state index contributed by atoms with van der Waals surface area (Å²) < 4.78 is 5.35. The normalized spacial score (nSPS) is 24.4. The molecule has 6 heteroatoms. The number of hydrogen-bond acceptors (Lipinski definition) is 5. The Morgan fingerprint density at radius 3 is 3.22 bits per heavy atom. The number of aromatic nitrogens is 1. The number of ether oxygens (including phenoxy) is 1. The molecule has 2 aromatic rings. The fourth-order valence-electron chi connectivity index (χ4n) is 3.77. The molecule has 1 saturated heterocycles. The van der Waals surface area contributed by atoms with Gasteiger partial charge in [0.2, 0.25) is 6.08 Å². The number of hydrogen-bond donors (Lipinski definition) is 1. The Hall–Kier alpha value is -2.14. The summed E-state index contributed by atoms with van der Waals surface area (Å²) in [5.74, 6) is 0.848. The lowest BCUT2D eigenvalue weighted by Crippen LogP contribution is -2.39. The average molecular weight is 313 g/mol. The number of aromatic amines is 1. The van der Waals surface area contributed by atoms with E-state index in [4.69, 9.17) is 9.57 Å². The topological polar surface area (TPSA) is 66.9 Å². The van der Waals surface area contributed by atoms with E-state index >= 15 is 0 Å². The van der Waals surface area contributed by atoms with Gasteiger partial charge in [-0.2, -0.15) is 5.06 Å². The number of isocyanates is 1. The van der Waals surface area contributed by atoms with Crippen molar-refractivity contribution in [1.82, 2.24) is 10.0 Å². The monoisotopic (exact) mass is 313 g/mol. The van der Waals surface area contributed by atoms with Crippen LogP contribution in [0.2, 0.25) is 0 Å². The third-order valence-electron chi connectivity index (χ3n) is 4.82. The zero-order valence-electron chi connectivity index (χ0n) is 13.0. The Labute approximate surface area is 134 Å². The van der Waals surface area contributed by atoms with Crippen molar-refractivity contribution in [2.75, 3.05) is 20.3 Å². The van der Waals surface area contributed by atoms with Crippen molar-refractivity contribution >= 4 is 17.0 Å². The van der Waals surface area contributed by atoms with Gasteiger partial charge in [0.15, 0.2) is 0 Å². The molecule has 2 atom stereocenters. The first-order valence-electron chi connectivity index (χ1n) is 7.97. The summed E-state index contributed by atoms with van der Waals surface area (Å²) in [4.78, 5) is 24.3. The second kappa shape index (κ2) is 5.81. The Morgan fingerprint density at radius 1 is 1.48 bits per heavy atom. The molecule has 1 N–H and O–H groups in total. The van der Waals surface area contributed by atoms with Crippen molar-refractivity contribution in [3.8, 4) is 5.75 Å². The van der Waals surface area contributed by atoms with Gasteiger partial charge in [-0.25, -0.2) is 9.79 Å². The second-order valence-corrected chi connectivity index (χ2v) is 6.03. The number of hydroxylamine groups is 2. The molecule has 0 unspecified atom stereocenters. The van der Waals surface area contributed by atoms with E-state index in [0.29, 0.717) is 6.61 Å². The SMILES string of the molecule is COc1ccc2[nH]c3c(c2c1)CCN1OCCC[C@@H](N=C=O)[C@@H]31. The van der Waals surface area contributed by atoms with Crippen LogP contribution < -0.4 is 4.74 Å². The van der Waals surface area contributed by atoms with Gasteiger partial charge in [-0.05, 0) is 43.0 Å². The molecule has 23 heavy (non-hydrogen) atoms. The standard InChI is InChI=1S/C17H19N3O3/c1-22-11-4-5-14-13(9-11)12-6-7-20-17(16(12)19-14)15(18-10-21)3-2-8-23-20/h4-5,9,15,17,19H,2-3,6-8H2,1H3/t15-,17+/m1/s1. The van der Waals surface area contributed by atoms with E-state index < -0.39 is 0 Å². The lowest BCUT2D eigenvalue weighted by molar-refractivity contribution is -0.187. The van der Waals surface area contributed by atoms with Gasteiger partial charge in [0.1, 0.15) is 5.75 Å². The van der Waals surface area contributed by atoms with Crippen molar-refractivity contribution < 1.29 is 14.4 Å². The van der Waals surface area contributed by atoms with Gasteiger partial charge in [-0.15, -0.1) is 0 Å². The van der Waals surface area contributed by atoms with Crippen LogP contribution >= 0.6 is 0 Å². The van der Waals surface area contributed by atoms with Gasteiger partial charge in [-0.3, -0.25) is 4.84 Å². The smallest absolute Gasteiger partial charge is 0.235 e. The van der Waals surface area contributed by atoms with Crippen molar-refractivity contribution in [1.29, 1.82) is 0 Å². The number of H-pyrrole nitrogens is 1. The van der Waals surface area contributed by atoms with E-state index in [-0.39, 0.29) is 12.1 Å². The minimum Gasteiger partial charge on any atom is -0.497 e. The number of aliphatic imine (C=N–C) groups is 1. The van der Waals surface area contributed by atoms with Crippen LogP contribution in [0.4, 0.5) is 0 Å². The van der Waals surface area contributed by atoms with E-state index in [9.17, 15) is 4.79 Å². The molecule has 2 aliphatic rings. The molecule has 0 aliphatic carbocycles. The number of fused-ring (bicyclic) bond motifs is 5. The summed E-state index contributed by atoms with van der Waals surface area (Å²) in [7, 11) is 1.68. The van der Waals surface area contributed by atoms with Gasteiger partial charge in [0.25, 0.3) is 0 Å². The molecule has 1 aromatic carbocycles.